The van der Waals surface area contributed by atoms with Crippen LogP contribution < -0.4 is 4.74 Å². The molecular weight excluding hydrogens is 456 g/mol. The van der Waals surface area contributed by atoms with Gasteiger partial charge in [0.1, 0.15) is 5.75 Å². The van der Waals surface area contributed by atoms with Crippen LogP contribution in [0.3, 0.4) is 0 Å². The van der Waals surface area contributed by atoms with Gasteiger partial charge in [-0.3, -0.25) is 15.1 Å². The molecule has 10 heteroatoms. The number of nitro benzene ring substituents is 1. The Morgan fingerprint density at radius 2 is 1.74 bits per heavy atom. The largest absolute Gasteiger partial charge is 0.449 e. The van der Waals surface area contributed by atoms with Crippen molar-refractivity contribution in [2.45, 2.75) is 13.1 Å². The molecule has 31 heavy (non-hydrogen) atoms. The molecule has 0 fully saturated rings. The zero-order valence-electron chi connectivity index (χ0n) is 15.8. The first kappa shape index (κ1) is 22.6. The lowest BCUT2D eigenvalue weighted by molar-refractivity contribution is -0.385. The van der Waals surface area contributed by atoms with E-state index in [-0.39, 0.29) is 16.5 Å². The summed E-state index contributed by atoms with van der Waals surface area (Å²) in [5.74, 6) is -0.323. The predicted octanol–water partition coefficient (Wildman–Crippen LogP) is 7.77. The second-order valence-electron chi connectivity index (χ2n) is 6.42. The number of rotatable bonds is 5. The molecule has 160 valence electrons. The molecule has 0 spiro atoms. The third-order valence-electron chi connectivity index (χ3n) is 4.18. The van der Waals surface area contributed by atoms with E-state index in [9.17, 15) is 23.3 Å². The van der Waals surface area contributed by atoms with Gasteiger partial charge in [0.05, 0.1) is 21.2 Å². The highest BCUT2D eigenvalue weighted by molar-refractivity contribution is 6.32. The van der Waals surface area contributed by atoms with Gasteiger partial charge in [0.15, 0.2) is 0 Å². The van der Waals surface area contributed by atoms with Crippen LogP contribution in [-0.4, -0.2) is 11.1 Å². The zero-order valence-corrected chi connectivity index (χ0v) is 17.3. The van der Waals surface area contributed by atoms with Crippen molar-refractivity contribution in [2.75, 3.05) is 0 Å². The van der Waals surface area contributed by atoms with E-state index in [1.165, 1.54) is 12.1 Å². The summed E-state index contributed by atoms with van der Waals surface area (Å²) in [7, 11) is 0. The van der Waals surface area contributed by atoms with Gasteiger partial charge in [-0.1, -0.05) is 29.3 Å². The SMILES string of the molecule is Cc1ccc(Cl)cc1N=Cc1ccc(Oc2ccc(C(F)(F)F)cc2[N+](=O)[O-])c(Cl)c1. The number of hydrogen-bond acceptors (Lipinski definition) is 4. The maximum Gasteiger partial charge on any atom is 0.416 e. The number of benzene rings is 3. The fraction of sp³-hybridized carbons (Fsp3) is 0.0952. The number of nitrogens with zero attached hydrogens (tertiary/aromatic N) is 2. The van der Waals surface area contributed by atoms with E-state index in [0.717, 1.165) is 11.6 Å². The van der Waals surface area contributed by atoms with E-state index in [4.69, 9.17) is 27.9 Å². The molecule has 3 aromatic rings. The van der Waals surface area contributed by atoms with Crippen LogP contribution in [0.25, 0.3) is 0 Å². The number of alkyl halides is 3. The Morgan fingerprint density at radius 3 is 2.39 bits per heavy atom. The maximum atomic E-state index is 12.8. The molecule has 3 rings (SSSR count). The van der Waals surface area contributed by atoms with Crippen molar-refractivity contribution in [3.8, 4) is 11.5 Å². The molecule has 0 aliphatic carbocycles. The van der Waals surface area contributed by atoms with Crippen LogP contribution >= 0.6 is 23.2 Å². The van der Waals surface area contributed by atoms with Crippen LogP contribution in [0.15, 0.2) is 59.6 Å². The molecule has 0 saturated carbocycles. The molecule has 0 saturated heterocycles. The molecular formula is C21H13Cl2F3N2O3. The minimum Gasteiger partial charge on any atom is -0.449 e. The summed E-state index contributed by atoms with van der Waals surface area (Å²) >= 11 is 12.2. The molecule has 0 N–H and O–H groups in total. The van der Waals surface area contributed by atoms with E-state index in [2.05, 4.69) is 4.99 Å². The van der Waals surface area contributed by atoms with Crippen LogP contribution in [0, 0.1) is 17.0 Å². The Hall–Kier alpha value is -3.10. The summed E-state index contributed by atoms with van der Waals surface area (Å²) in [6.07, 6.45) is -3.17. The maximum absolute atomic E-state index is 12.8. The van der Waals surface area contributed by atoms with Gasteiger partial charge in [0.2, 0.25) is 5.75 Å². The van der Waals surface area contributed by atoms with Crippen LogP contribution in [-0.2, 0) is 6.18 Å². The number of ether oxygens (including phenoxy) is 1. The highest BCUT2D eigenvalue weighted by atomic mass is 35.5. The van der Waals surface area contributed by atoms with Gasteiger partial charge in [0.25, 0.3) is 0 Å². The molecule has 0 atom stereocenters. The van der Waals surface area contributed by atoms with Gasteiger partial charge in [-0.05, 0) is 60.5 Å². The van der Waals surface area contributed by atoms with Crippen LogP contribution in [0.4, 0.5) is 24.5 Å². The van der Waals surface area contributed by atoms with Crippen molar-refractivity contribution in [3.63, 3.8) is 0 Å². The normalized spacial score (nSPS) is 11.7. The average molecular weight is 469 g/mol. The molecule has 0 unspecified atom stereocenters. The fourth-order valence-electron chi connectivity index (χ4n) is 2.59. The molecule has 0 aromatic heterocycles. The zero-order chi connectivity index (χ0) is 22.8. The van der Waals surface area contributed by atoms with Gasteiger partial charge in [-0.2, -0.15) is 13.2 Å². The summed E-state index contributed by atoms with van der Waals surface area (Å²) in [6.45, 7) is 1.88. The number of hydrogen-bond donors (Lipinski definition) is 0. The smallest absolute Gasteiger partial charge is 0.416 e. The first-order valence-electron chi connectivity index (χ1n) is 8.68. The lowest BCUT2D eigenvalue weighted by Crippen LogP contribution is -2.06. The second-order valence-corrected chi connectivity index (χ2v) is 7.26. The predicted molar refractivity (Wildman–Crippen MR) is 113 cm³/mol. The van der Waals surface area contributed by atoms with E-state index in [1.54, 1.807) is 24.4 Å². The highest BCUT2D eigenvalue weighted by Gasteiger charge is 2.33. The molecule has 0 aliphatic heterocycles. The van der Waals surface area contributed by atoms with Crippen molar-refractivity contribution in [3.05, 3.63) is 91.4 Å². The molecule has 0 radical (unpaired) electrons. The standard InChI is InChI=1S/C21H13Cl2F3N2O3/c1-12-2-5-15(22)10-17(12)27-11-13-3-6-19(16(23)8-13)31-20-7-4-14(21(24,25)26)9-18(20)28(29)30/h2-11H,1H3. The summed E-state index contributed by atoms with van der Waals surface area (Å²) in [5, 5.41) is 11.8. The first-order valence-corrected chi connectivity index (χ1v) is 9.43. The minimum atomic E-state index is -4.72. The number of aryl methyl sites for hydroxylation is 1. The molecule has 0 amide bonds. The van der Waals surface area contributed by atoms with E-state index in [0.29, 0.717) is 28.4 Å². The highest BCUT2D eigenvalue weighted by Crippen LogP contribution is 2.39. The van der Waals surface area contributed by atoms with Gasteiger partial charge < -0.3 is 4.74 Å². The minimum absolute atomic E-state index is 0.0422. The third kappa shape index (κ3) is 5.53. The van der Waals surface area contributed by atoms with Crippen molar-refractivity contribution in [1.82, 2.24) is 0 Å². The quantitative estimate of drug-likeness (QED) is 0.218. The topological polar surface area (TPSA) is 64.7 Å². The summed E-state index contributed by atoms with van der Waals surface area (Å²) in [5.41, 5.74) is 0.220. The molecule has 3 aromatic carbocycles. The Balaban J connectivity index is 1.86. The molecule has 5 nitrogen and oxygen atoms in total. The Morgan fingerprint density at radius 1 is 1.03 bits per heavy atom. The Kier molecular flexibility index (Phi) is 6.52. The lowest BCUT2D eigenvalue weighted by atomic mass is 10.1. The number of aliphatic imine (C=N–C) groups is 1. The van der Waals surface area contributed by atoms with Crippen LogP contribution in [0.2, 0.25) is 10.0 Å². The molecule has 0 heterocycles. The third-order valence-corrected chi connectivity index (χ3v) is 4.71. The van der Waals surface area contributed by atoms with E-state index in [1.807, 2.05) is 13.0 Å². The van der Waals surface area contributed by atoms with Crippen molar-refractivity contribution in [1.29, 1.82) is 0 Å². The van der Waals surface area contributed by atoms with Crippen LogP contribution in [0.5, 0.6) is 11.5 Å². The van der Waals surface area contributed by atoms with E-state index < -0.39 is 22.4 Å². The number of nitro groups is 1. The van der Waals surface area contributed by atoms with Crippen molar-refractivity contribution >= 4 is 40.8 Å². The van der Waals surface area contributed by atoms with Crippen molar-refractivity contribution < 1.29 is 22.8 Å². The van der Waals surface area contributed by atoms with Gasteiger partial charge in [-0.15, -0.1) is 0 Å². The monoisotopic (exact) mass is 468 g/mol. The van der Waals surface area contributed by atoms with Crippen molar-refractivity contribution in [2.24, 2.45) is 4.99 Å². The van der Waals surface area contributed by atoms with E-state index >= 15 is 0 Å². The molecule has 0 aliphatic rings. The number of halogens is 5. The second kappa shape index (κ2) is 8.95. The van der Waals surface area contributed by atoms with Crippen LogP contribution in [0.1, 0.15) is 16.7 Å². The fourth-order valence-corrected chi connectivity index (χ4v) is 2.98. The summed E-state index contributed by atoms with van der Waals surface area (Å²) < 4.78 is 43.9. The average Bonchev–Trinajstić information content (AvgIpc) is 2.69. The Bertz CT molecular complexity index is 1180. The Labute approximate surface area is 184 Å². The first-order chi connectivity index (χ1) is 14.5. The summed E-state index contributed by atoms with van der Waals surface area (Å²) in [6, 6.07) is 11.8. The lowest BCUT2D eigenvalue weighted by Gasteiger charge is -2.11. The summed E-state index contributed by atoms with van der Waals surface area (Å²) in [4.78, 5) is 14.6. The van der Waals surface area contributed by atoms with Gasteiger partial charge >= 0.3 is 11.9 Å². The van der Waals surface area contributed by atoms with Gasteiger partial charge in [-0.25, -0.2) is 0 Å². The molecule has 0 bridgehead atoms. The van der Waals surface area contributed by atoms with Gasteiger partial charge in [0, 0.05) is 17.3 Å².